The zero-order valence-electron chi connectivity index (χ0n) is 18.0. The Labute approximate surface area is 194 Å². The molecule has 1 unspecified atom stereocenters. The van der Waals surface area contributed by atoms with Crippen LogP contribution in [0.1, 0.15) is 23.1 Å². The minimum Gasteiger partial charge on any atom is -0.596 e. The Bertz CT molecular complexity index is 1130. The first-order valence-corrected chi connectivity index (χ1v) is 10.8. The highest BCUT2D eigenvalue weighted by Crippen LogP contribution is 2.31. The average molecular weight is 469 g/mol. The predicted octanol–water partition coefficient (Wildman–Crippen LogP) is 1.79. The third-order valence-electron chi connectivity index (χ3n) is 4.61. The van der Waals surface area contributed by atoms with Crippen molar-refractivity contribution in [3.8, 4) is 0 Å². The van der Waals surface area contributed by atoms with Crippen LogP contribution >= 0.6 is 11.8 Å². The lowest BCUT2D eigenvalue weighted by Gasteiger charge is -2.17. The number of carbonyl (C=O) groups is 2. The molecule has 0 amide bonds. The van der Waals surface area contributed by atoms with Crippen LogP contribution in [0, 0.1) is 13.8 Å². The number of carboxylic acid groups (broad SMARTS) is 1. The van der Waals surface area contributed by atoms with Crippen LogP contribution in [0.15, 0.2) is 63.6 Å². The number of nitrogens with zero attached hydrogens (tertiary/aromatic N) is 5. The second-order valence-electron chi connectivity index (χ2n) is 7.19. The van der Waals surface area contributed by atoms with E-state index in [0.29, 0.717) is 5.16 Å². The van der Waals surface area contributed by atoms with Gasteiger partial charge >= 0.3 is 5.97 Å². The molecule has 0 aliphatic heterocycles. The van der Waals surface area contributed by atoms with Crippen LogP contribution in [-0.4, -0.2) is 49.2 Å². The van der Waals surface area contributed by atoms with Crippen molar-refractivity contribution in [2.75, 3.05) is 0 Å². The fraction of sp³-hybridized carbons (Fsp3) is 0.273. The molecule has 10 nitrogen and oxygen atoms in total. The lowest BCUT2D eigenvalue weighted by molar-refractivity contribution is -0.252. The molecule has 172 valence electrons. The summed E-state index contributed by atoms with van der Waals surface area (Å²) in [5, 5.41) is 33.1. The standard InChI is InChI=1S/C22H23N5O5S/c1-14-7-6-8-15(2)20(14)33-21-24-25-26-27(21)12-18(28)17(11-19(29)30)23-22(31)32-13-16-9-4-3-5-10-16/h3-10,17H,11-13H2,1-2H3,(H,23,31)(H,29,30)/p-1. The predicted molar refractivity (Wildman–Crippen MR) is 118 cm³/mol. The van der Waals surface area contributed by atoms with Crippen molar-refractivity contribution < 1.29 is 24.5 Å². The van der Waals surface area contributed by atoms with Gasteiger partial charge in [-0.15, -0.1) is 5.10 Å². The van der Waals surface area contributed by atoms with Gasteiger partial charge in [-0.25, -0.2) is 4.68 Å². The molecule has 0 bridgehead atoms. The number of carboxylic acids is 1. The van der Waals surface area contributed by atoms with Crippen LogP contribution in [0.3, 0.4) is 0 Å². The first kappa shape index (κ1) is 23.9. The maximum atomic E-state index is 12.8. The van der Waals surface area contributed by atoms with E-state index in [1.807, 2.05) is 38.1 Å². The summed E-state index contributed by atoms with van der Waals surface area (Å²) in [5.41, 5.74) is 2.80. The highest BCUT2D eigenvalue weighted by atomic mass is 32.2. The topological polar surface area (TPSA) is 143 Å². The molecule has 0 aliphatic carbocycles. The Morgan fingerprint density at radius 3 is 2.52 bits per heavy atom. The number of carbonyl (C=O) groups excluding carboxylic acids is 1. The van der Waals surface area contributed by atoms with Gasteiger partial charge in [0.2, 0.25) is 5.16 Å². The maximum absolute atomic E-state index is 12.8. The van der Waals surface area contributed by atoms with Crippen LogP contribution < -0.4 is 5.11 Å². The van der Waals surface area contributed by atoms with Crippen molar-refractivity contribution in [2.45, 2.75) is 49.5 Å². The molecule has 0 fully saturated rings. The van der Waals surface area contributed by atoms with E-state index in [9.17, 15) is 19.8 Å². The molecule has 1 heterocycles. The highest BCUT2D eigenvalue weighted by molar-refractivity contribution is 7.99. The van der Waals surface area contributed by atoms with Gasteiger partial charge < -0.3 is 14.9 Å². The number of aliphatic carboxylic acids is 1. The monoisotopic (exact) mass is 468 g/mol. The van der Waals surface area contributed by atoms with Crippen LogP contribution in [0.4, 0.5) is 0 Å². The molecule has 0 saturated heterocycles. The molecule has 3 aromatic rings. The highest BCUT2D eigenvalue weighted by Gasteiger charge is 2.23. The summed E-state index contributed by atoms with van der Waals surface area (Å²) in [7, 11) is 0. The largest absolute Gasteiger partial charge is 0.596 e. The quantitative estimate of drug-likeness (QED) is 0.348. The van der Waals surface area contributed by atoms with Crippen LogP contribution in [0.5, 0.6) is 0 Å². The molecule has 0 radical (unpaired) electrons. The van der Waals surface area contributed by atoms with Gasteiger partial charge in [0.25, 0.3) is 0 Å². The minimum atomic E-state index is -1.42. The number of ketones is 1. The van der Waals surface area contributed by atoms with Gasteiger partial charge in [-0.05, 0) is 52.7 Å². The van der Waals surface area contributed by atoms with Crippen molar-refractivity contribution in [1.82, 2.24) is 20.2 Å². The lowest BCUT2D eigenvalue weighted by Crippen LogP contribution is -2.31. The summed E-state index contributed by atoms with van der Waals surface area (Å²) < 4.78 is 6.32. The zero-order chi connectivity index (χ0) is 23.8. The van der Waals surface area contributed by atoms with Gasteiger partial charge in [-0.3, -0.25) is 14.6 Å². The average Bonchev–Trinajstić information content (AvgIpc) is 3.21. The molecule has 1 N–H and O–H groups in total. The first-order valence-electron chi connectivity index (χ1n) is 9.99. The number of hydrogen-bond acceptors (Lipinski definition) is 9. The van der Waals surface area contributed by atoms with Crippen LogP contribution in [0.2, 0.25) is 0 Å². The number of Topliss-reactive ketones (excluding diaryl/α,β-unsaturated/α-hetero) is 1. The number of aryl methyl sites for hydroxylation is 2. The van der Waals surface area contributed by atoms with E-state index in [1.165, 1.54) is 16.4 Å². The van der Waals surface area contributed by atoms with E-state index >= 15 is 0 Å². The van der Waals surface area contributed by atoms with Crippen molar-refractivity contribution >= 4 is 29.6 Å². The number of rotatable bonds is 10. The molecular weight excluding hydrogens is 446 g/mol. The maximum Gasteiger partial charge on any atom is 0.305 e. The van der Waals surface area contributed by atoms with E-state index in [-0.39, 0.29) is 13.2 Å². The summed E-state index contributed by atoms with van der Waals surface area (Å²) >= 11 is 1.30. The summed E-state index contributed by atoms with van der Waals surface area (Å²) in [6.07, 6.45) is -1.67. The number of benzene rings is 2. The SMILES string of the molecule is Cc1cccc(C)c1Sc1nnnn1CC(=O)C(CC(=O)O)N=C([O-])OCc1ccccc1. The van der Waals surface area contributed by atoms with Gasteiger partial charge in [0.1, 0.15) is 18.7 Å². The van der Waals surface area contributed by atoms with Crippen molar-refractivity contribution in [3.63, 3.8) is 0 Å². The summed E-state index contributed by atoms with van der Waals surface area (Å²) in [5.74, 6) is -1.89. The number of aliphatic imine (C=N–C) groups is 1. The lowest BCUT2D eigenvalue weighted by atomic mass is 10.1. The van der Waals surface area contributed by atoms with Crippen molar-refractivity contribution in [2.24, 2.45) is 4.99 Å². The van der Waals surface area contributed by atoms with Crippen LogP contribution in [0.25, 0.3) is 0 Å². The summed E-state index contributed by atoms with van der Waals surface area (Å²) in [6.45, 7) is 3.53. The van der Waals surface area contributed by atoms with Crippen molar-refractivity contribution in [3.05, 3.63) is 65.2 Å². The van der Waals surface area contributed by atoms with E-state index in [1.54, 1.807) is 24.3 Å². The molecule has 1 aromatic heterocycles. The Morgan fingerprint density at radius 1 is 1.15 bits per heavy atom. The molecule has 0 aliphatic rings. The van der Waals surface area contributed by atoms with E-state index in [0.717, 1.165) is 21.6 Å². The first-order chi connectivity index (χ1) is 15.8. The molecular formula is C22H22N5O5S-. The van der Waals surface area contributed by atoms with Gasteiger partial charge in [0, 0.05) is 11.5 Å². The fourth-order valence-corrected chi connectivity index (χ4v) is 3.88. The Balaban J connectivity index is 1.72. The van der Waals surface area contributed by atoms with E-state index < -0.39 is 30.3 Å². The molecule has 2 aromatic carbocycles. The Kier molecular flexibility index (Phi) is 8.14. The van der Waals surface area contributed by atoms with Gasteiger partial charge in [0.05, 0.1) is 6.42 Å². The van der Waals surface area contributed by atoms with Crippen molar-refractivity contribution in [1.29, 1.82) is 0 Å². The number of tetrazole rings is 1. The molecule has 11 heteroatoms. The Morgan fingerprint density at radius 2 is 1.85 bits per heavy atom. The van der Waals surface area contributed by atoms with E-state index in [2.05, 4.69) is 20.5 Å². The third kappa shape index (κ3) is 6.88. The minimum absolute atomic E-state index is 0.0410. The molecule has 0 spiro atoms. The summed E-state index contributed by atoms with van der Waals surface area (Å²) in [6, 6.07) is 13.4. The van der Waals surface area contributed by atoms with Gasteiger partial charge in [-0.2, -0.15) is 0 Å². The number of hydrogen-bond donors (Lipinski definition) is 1. The van der Waals surface area contributed by atoms with Gasteiger partial charge in [-0.1, -0.05) is 48.5 Å². The molecule has 1 atom stereocenters. The summed E-state index contributed by atoms with van der Waals surface area (Å²) in [4.78, 5) is 28.7. The molecule has 0 saturated carbocycles. The normalized spacial score (nSPS) is 12.4. The smallest absolute Gasteiger partial charge is 0.305 e. The zero-order valence-corrected chi connectivity index (χ0v) is 18.9. The molecule has 3 rings (SSSR count). The second kappa shape index (κ2) is 11.2. The second-order valence-corrected chi connectivity index (χ2v) is 8.17. The van der Waals surface area contributed by atoms with Crippen LogP contribution in [-0.2, 0) is 27.5 Å². The fourth-order valence-electron chi connectivity index (χ4n) is 2.95. The third-order valence-corrected chi connectivity index (χ3v) is 5.94. The Hall–Kier alpha value is -3.73. The number of aromatic nitrogens is 4. The molecule has 33 heavy (non-hydrogen) atoms. The van der Waals surface area contributed by atoms with Gasteiger partial charge in [0.15, 0.2) is 5.78 Å². The van der Waals surface area contributed by atoms with E-state index in [4.69, 9.17) is 4.74 Å². The number of ether oxygens (including phenoxy) is 1.